The van der Waals surface area contributed by atoms with Crippen LogP contribution in [-0.4, -0.2) is 80.1 Å². The van der Waals surface area contributed by atoms with Crippen LogP contribution in [0, 0.1) is 5.92 Å². The minimum absolute atomic E-state index is 0.185. The zero-order chi connectivity index (χ0) is 23.0. The first kappa shape index (κ1) is 21.4. The third-order valence-corrected chi connectivity index (χ3v) is 7.99. The van der Waals surface area contributed by atoms with E-state index in [1.165, 1.54) is 0 Å². The summed E-state index contributed by atoms with van der Waals surface area (Å²) in [6.07, 6.45) is 6.67. The molecule has 9 heteroatoms. The van der Waals surface area contributed by atoms with Crippen LogP contribution in [0.2, 0.25) is 5.02 Å². The third-order valence-electron chi connectivity index (χ3n) is 7.68. The van der Waals surface area contributed by atoms with E-state index in [-0.39, 0.29) is 17.5 Å². The minimum atomic E-state index is -0.687. The van der Waals surface area contributed by atoms with Crippen LogP contribution in [0.25, 0.3) is 16.6 Å². The van der Waals surface area contributed by atoms with Crippen LogP contribution in [0.4, 0.5) is 5.69 Å². The number of aliphatic hydroxyl groups is 1. The predicted octanol–water partition coefficient (Wildman–Crippen LogP) is 3.12. The van der Waals surface area contributed by atoms with Gasteiger partial charge in [0.05, 0.1) is 65.2 Å². The van der Waals surface area contributed by atoms with Crippen LogP contribution in [0.5, 0.6) is 0 Å². The molecule has 0 bridgehead atoms. The quantitative estimate of drug-likeness (QED) is 0.617. The lowest BCUT2D eigenvalue weighted by Gasteiger charge is -2.50. The van der Waals surface area contributed by atoms with Gasteiger partial charge in [-0.3, -0.25) is 9.58 Å². The van der Waals surface area contributed by atoms with Gasteiger partial charge < -0.3 is 14.7 Å². The van der Waals surface area contributed by atoms with Crippen LogP contribution in [0.15, 0.2) is 30.7 Å². The van der Waals surface area contributed by atoms with Gasteiger partial charge in [0, 0.05) is 37.5 Å². The molecule has 8 nitrogen and oxygen atoms in total. The standard InChI is InChI=1S/C24H31ClN6O2/c1-23(2,32)18-9-21(18)30-13-17(12-26-30)31-20-10-22(19(25)8-16(20)11-27-31)28-4-6-29(7-5-28)24(3)14-33-15-24/h8,10-13,18,21,32H,4-7,9,14-15H2,1-3H3/t18-,21-/m1/s1. The first-order chi connectivity index (χ1) is 15.7. The molecule has 1 saturated carbocycles. The summed E-state index contributed by atoms with van der Waals surface area (Å²) in [6, 6.07) is 4.41. The predicted molar refractivity (Wildman–Crippen MR) is 128 cm³/mol. The summed E-state index contributed by atoms with van der Waals surface area (Å²) >= 11 is 6.72. The Labute approximate surface area is 198 Å². The fraction of sp³-hybridized carbons (Fsp3) is 0.583. The average molecular weight is 471 g/mol. The van der Waals surface area contributed by atoms with Crippen molar-refractivity contribution in [1.82, 2.24) is 24.5 Å². The zero-order valence-electron chi connectivity index (χ0n) is 19.4. The summed E-state index contributed by atoms with van der Waals surface area (Å²) in [4.78, 5) is 4.91. The van der Waals surface area contributed by atoms with Crippen molar-refractivity contribution >= 4 is 28.2 Å². The molecule has 1 N–H and O–H groups in total. The SMILES string of the molecule is CC(C)(O)[C@@H]1C[C@H]1n1cc(-n2ncc3cc(Cl)c(N4CCN(C5(C)COC5)CC4)cc32)cn1. The summed E-state index contributed by atoms with van der Waals surface area (Å²) in [7, 11) is 0. The summed E-state index contributed by atoms with van der Waals surface area (Å²) in [5.74, 6) is 0.234. The fourth-order valence-corrected chi connectivity index (χ4v) is 5.69. The molecular weight excluding hydrogens is 440 g/mol. The van der Waals surface area contributed by atoms with Crippen LogP contribution in [-0.2, 0) is 4.74 Å². The van der Waals surface area contributed by atoms with Crippen molar-refractivity contribution in [2.75, 3.05) is 44.3 Å². The Kier molecular flexibility index (Phi) is 4.82. The molecule has 2 aliphatic heterocycles. The van der Waals surface area contributed by atoms with Gasteiger partial charge in [-0.2, -0.15) is 10.2 Å². The molecule has 2 aromatic heterocycles. The first-order valence-corrected chi connectivity index (χ1v) is 12.1. The van der Waals surface area contributed by atoms with Crippen molar-refractivity contribution in [1.29, 1.82) is 0 Å². The molecule has 2 atom stereocenters. The summed E-state index contributed by atoms with van der Waals surface area (Å²) in [5.41, 5.74) is 2.49. The maximum absolute atomic E-state index is 10.3. The number of anilines is 1. The molecule has 176 valence electrons. The molecule has 0 spiro atoms. The molecule has 0 radical (unpaired) electrons. The highest BCUT2D eigenvalue weighted by atomic mass is 35.5. The van der Waals surface area contributed by atoms with E-state index in [1.807, 2.05) is 47.9 Å². The normalized spacial score (nSPS) is 25.4. The van der Waals surface area contributed by atoms with E-state index in [4.69, 9.17) is 16.3 Å². The summed E-state index contributed by atoms with van der Waals surface area (Å²) < 4.78 is 9.35. The van der Waals surface area contributed by atoms with Crippen molar-refractivity contribution in [2.45, 2.75) is 44.4 Å². The topological polar surface area (TPSA) is 71.6 Å². The summed E-state index contributed by atoms with van der Waals surface area (Å²) in [6.45, 7) is 11.6. The van der Waals surface area contributed by atoms with E-state index in [9.17, 15) is 5.11 Å². The number of rotatable bonds is 5. The highest BCUT2D eigenvalue weighted by Crippen LogP contribution is 2.49. The number of fused-ring (bicyclic) bond motifs is 1. The Hall–Kier alpha value is -2.13. The molecule has 4 heterocycles. The van der Waals surface area contributed by atoms with Gasteiger partial charge in [0.1, 0.15) is 5.69 Å². The lowest BCUT2D eigenvalue weighted by atomic mass is 9.97. The van der Waals surface area contributed by atoms with E-state index < -0.39 is 5.60 Å². The number of nitrogens with zero attached hydrogens (tertiary/aromatic N) is 6. The highest BCUT2D eigenvalue weighted by molar-refractivity contribution is 6.34. The lowest BCUT2D eigenvalue weighted by Crippen LogP contribution is -2.64. The number of hydrogen-bond donors (Lipinski definition) is 1. The second kappa shape index (κ2) is 7.43. The van der Waals surface area contributed by atoms with Crippen molar-refractivity contribution in [3.05, 3.63) is 35.7 Å². The molecule has 3 aliphatic rings. The number of hydrogen-bond acceptors (Lipinski definition) is 6. The number of piperazine rings is 1. The maximum atomic E-state index is 10.3. The van der Waals surface area contributed by atoms with E-state index in [0.717, 1.165) is 73.1 Å². The van der Waals surface area contributed by atoms with Gasteiger partial charge in [-0.1, -0.05) is 11.6 Å². The Morgan fingerprint density at radius 1 is 1.12 bits per heavy atom. The Morgan fingerprint density at radius 3 is 2.52 bits per heavy atom. The number of benzene rings is 1. The molecule has 6 rings (SSSR count). The Balaban J connectivity index is 1.25. The van der Waals surface area contributed by atoms with Crippen LogP contribution >= 0.6 is 11.6 Å². The van der Waals surface area contributed by atoms with Crippen LogP contribution in [0.3, 0.4) is 0 Å². The van der Waals surface area contributed by atoms with E-state index in [2.05, 4.69) is 33.0 Å². The smallest absolute Gasteiger partial charge is 0.103 e. The summed E-state index contributed by atoms with van der Waals surface area (Å²) in [5, 5.41) is 21.3. The van der Waals surface area contributed by atoms with E-state index in [0.29, 0.717) is 0 Å². The Morgan fingerprint density at radius 2 is 1.88 bits per heavy atom. The minimum Gasteiger partial charge on any atom is -0.390 e. The van der Waals surface area contributed by atoms with Crippen molar-refractivity contribution < 1.29 is 9.84 Å². The molecule has 0 unspecified atom stereocenters. The van der Waals surface area contributed by atoms with E-state index >= 15 is 0 Å². The highest BCUT2D eigenvalue weighted by Gasteiger charge is 2.48. The fourth-order valence-electron chi connectivity index (χ4n) is 5.40. The first-order valence-electron chi connectivity index (χ1n) is 11.7. The van der Waals surface area contributed by atoms with Gasteiger partial charge in [-0.25, -0.2) is 4.68 Å². The van der Waals surface area contributed by atoms with Gasteiger partial charge in [-0.05, 0) is 39.3 Å². The number of halogens is 1. The average Bonchev–Trinajstić information content (AvgIpc) is 3.27. The van der Waals surface area contributed by atoms with Crippen LogP contribution < -0.4 is 4.90 Å². The van der Waals surface area contributed by atoms with Crippen LogP contribution in [0.1, 0.15) is 33.2 Å². The van der Waals surface area contributed by atoms with Crippen molar-refractivity contribution in [2.24, 2.45) is 5.92 Å². The van der Waals surface area contributed by atoms with Gasteiger partial charge >= 0.3 is 0 Å². The molecule has 0 amide bonds. The largest absolute Gasteiger partial charge is 0.390 e. The van der Waals surface area contributed by atoms with Gasteiger partial charge in [0.25, 0.3) is 0 Å². The lowest BCUT2D eigenvalue weighted by molar-refractivity contribution is -0.131. The van der Waals surface area contributed by atoms with Gasteiger partial charge in [0.15, 0.2) is 0 Å². The number of aromatic nitrogens is 4. The molecule has 1 aliphatic carbocycles. The monoisotopic (exact) mass is 470 g/mol. The third kappa shape index (κ3) is 3.64. The second-order valence-electron chi connectivity index (χ2n) is 10.6. The molecule has 2 saturated heterocycles. The Bertz CT molecular complexity index is 1190. The van der Waals surface area contributed by atoms with Gasteiger partial charge in [-0.15, -0.1) is 0 Å². The van der Waals surface area contributed by atoms with Crippen molar-refractivity contribution in [3.8, 4) is 5.69 Å². The molecule has 1 aromatic carbocycles. The van der Waals surface area contributed by atoms with Crippen molar-refractivity contribution in [3.63, 3.8) is 0 Å². The zero-order valence-corrected chi connectivity index (χ0v) is 20.2. The van der Waals surface area contributed by atoms with E-state index in [1.54, 1.807) is 0 Å². The number of ether oxygens (including phenoxy) is 1. The molecule has 3 aromatic rings. The molecular formula is C24H31ClN6O2. The molecule has 3 fully saturated rings. The van der Waals surface area contributed by atoms with Gasteiger partial charge in [0.2, 0.25) is 0 Å². The molecule has 33 heavy (non-hydrogen) atoms. The maximum Gasteiger partial charge on any atom is 0.103 e. The second-order valence-corrected chi connectivity index (χ2v) is 11.0.